The molecule has 17 heavy (non-hydrogen) atoms. The molecule has 2 nitrogen and oxygen atoms in total. The number of hydrogen-bond donors (Lipinski definition) is 1. The normalized spacial score (nSPS) is 10.3. The molecule has 0 spiro atoms. The first kappa shape index (κ1) is 13.2. The molecule has 88 valence electrons. The van der Waals surface area contributed by atoms with Crippen LogP contribution in [0.25, 0.3) is 0 Å². The van der Waals surface area contributed by atoms with E-state index < -0.39 is 0 Å². The summed E-state index contributed by atoms with van der Waals surface area (Å²) in [5, 5.41) is 0. The van der Waals surface area contributed by atoms with Crippen LogP contribution in [0.15, 0.2) is 45.3 Å². The van der Waals surface area contributed by atoms with E-state index in [2.05, 4.69) is 54.5 Å². The van der Waals surface area contributed by atoms with Crippen LogP contribution in [0.3, 0.4) is 0 Å². The Bertz CT molecular complexity index is 511. The number of nitrogens with two attached hydrogens (primary N) is 1. The number of halogens is 3. The van der Waals surface area contributed by atoms with Crippen LogP contribution in [0.4, 0.5) is 5.69 Å². The second-order valence-corrected chi connectivity index (χ2v) is 6.37. The predicted molar refractivity (Wildman–Crippen MR) is 85.5 cm³/mol. The third-order valence-electron chi connectivity index (χ3n) is 2.09. The van der Waals surface area contributed by atoms with Gasteiger partial charge in [0.25, 0.3) is 0 Å². The van der Waals surface area contributed by atoms with Crippen molar-refractivity contribution in [2.75, 3.05) is 5.73 Å². The lowest BCUT2D eigenvalue weighted by molar-refractivity contribution is 0.482. The zero-order valence-electron chi connectivity index (χ0n) is 8.58. The van der Waals surface area contributed by atoms with Crippen LogP contribution in [0.5, 0.6) is 11.5 Å². The van der Waals surface area contributed by atoms with Crippen LogP contribution in [0.2, 0.25) is 0 Å². The SMILES string of the molecule is Nc1cc(I)ccc1Oc1ccc(Br)cc1Br. The molecule has 0 amide bonds. The number of rotatable bonds is 2. The van der Waals surface area contributed by atoms with Gasteiger partial charge in [-0.25, -0.2) is 0 Å². The Morgan fingerprint density at radius 2 is 1.71 bits per heavy atom. The van der Waals surface area contributed by atoms with E-state index in [4.69, 9.17) is 10.5 Å². The van der Waals surface area contributed by atoms with E-state index in [-0.39, 0.29) is 0 Å². The maximum absolute atomic E-state index is 5.89. The molecule has 2 aromatic rings. The van der Waals surface area contributed by atoms with Crippen LogP contribution >= 0.6 is 54.5 Å². The van der Waals surface area contributed by atoms with Gasteiger partial charge < -0.3 is 10.5 Å². The third-order valence-corrected chi connectivity index (χ3v) is 3.87. The molecular formula is C12H8Br2INO. The lowest BCUT2D eigenvalue weighted by Crippen LogP contribution is -1.93. The molecule has 0 saturated carbocycles. The Morgan fingerprint density at radius 3 is 2.35 bits per heavy atom. The molecule has 0 fully saturated rings. The molecule has 0 bridgehead atoms. The largest absolute Gasteiger partial charge is 0.454 e. The van der Waals surface area contributed by atoms with Gasteiger partial charge in [0.2, 0.25) is 0 Å². The molecule has 2 rings (SSSR count). The lowest BCUT2D eigenvalue weighted by atomic mass is 10.3. The Labute approximate surface area is 130 Å². The topological polar surface area (TPSA) is 35.2 Å². The van der Waals surface area contributed by atoms with Gasteiger partial charge in [-0.15, -0.1) is 0 Å². The van der Waals surface area contributed by atoms with Gasteiger partial charge in [0.15, 0.2) is 0 Å². The fourth-order valence-corrected chi connectivity index (χ4v) is 2.93. The summed E-state index contributed by atoms with van der Waals surface area (Å²) in [5.41, 5.74) is 6.53. The fourth-order valence-electron chi connectivity index (χ4n) is 1.29. The number of nitrogen functional groups attached to an aromatic ring is 1. The molecule has 0 radical (unpaired) electrons. The lowest BCUT2D eigenvalue weighted by Gasteiger charge is -2.10. The number of anilines is 1. The molecule has 0 aliphatic carbocycles. The average molecular weight is 469 g/mol. The standard InChI is InChI=1S/C12H8Br2INO/c13-7-1-3-11(9(14)5-7)17-12-4-2-8(15)6-10(12)16/h1-6H,16H2. The van der Waals surface area contributed by atoms with Crippen molar-refractivity contribution in [2.45, 2.75) is 0 Å². The monoisotopic (exact) mass is 467 g/mol. The molecule has 2 N–H and O–H groups in total. The third kappa shape index (κ3) is 3.35. The molecule has 0 aliphatic rings. The van der Waals surface area contributed by atoms with E-state index in [1.807, 2.05) is 36.4 Å². The van der Waals surface area contributed by atoms with Crippen molar-refractivity contribution in [2.24, 2.45) is 0 Å². The van der Waals surface area contributed by atoms with Gasteiger partial charge in [-0.3, -0.25) is 0 Å². The first-order valence-electron chi connectivity index (χ1n) is 4.74. The molecule has 5 heteroatoms. The van der Waals surface area contributed by atoms with Crippen LogP contribution in [-0.2, 0) is 0 Å². The molecule has 0 aromatic heterocycles. The maximum atomic E-state index is 5.89. The van der Waals surface area contributed by atoms with Crippen molar-refractivity contribution in [3.8, 4) is 11.5 Å². The summed E-state index contributed by atoms with van der Waals surface area (Å²) in [5.74, 6) is 1.40. The van der Waals surface area contributed by atoms with Crippen LogP contribution in [-0.4, -0.2) is 0 Å². The van der Waals surface area contributed by atoms with Gasteiger partial charge in [0.1, 0.15) is 11.5 Å². The minimum Gasteiger partial charge on any atom is -0.454 e. The van der Waals surface area contributed by atoms with Gasteiger partial charge in [0.05, 0.1) is 10.2 Å². The first-order chi connectivity index (χ1) is 8.06. The predicted octanol–water partition coefficient (Wildman–Crippen LogP) is 5.19. The summed E-state index contributed by atoms with van der Waals surface area (Å²) in [6, 6.07) is 11.4. The molecule has 0 aliphatic heterocycles. The maximum Gasteiger partial charge on any atom is 0.150 e. The van der Waals surface area contributed by atoms with Crippen LogP contribution in [0, 0.1) is 3.57 Å². The van der Waals surface area contributed by atoms with Crippen molar-refractivity contribution in [1.29, 1.82) is 0 Å². The zero-order valence-corrected chi connectivity index (χ0v) is 13.9. The van der Waals surface area contributed by atoms with Gasteiger partial charge >= 0.3 is 0 Å². The smallest absolute Gasteiger partial charge is 0.150 e. The second-order valence-electron chi connectivity index (χ2n) is 3.36. The van der Waals surface area contributed by atoms with Gasteiger partial charge in [-0.05, 0) is 74.9 Å². The van der Waals surface area contributed by atoms with Crippen molar-refractivity contribution in [3.63, 3.8) is 0 Å². The highest BCUT2D eigenvalue weighted by molar-refractivity contribution is 14.1. The molecule has 0 heterocycles. The van der Waals surface area contributed by atoms with Gasteiger partial charge in [-0.1, -0.05) is 15.9 Å². The van der Waals surface area contributed by atoms with Gasteiger partial charge in [-0.2, -0.15) is 0 Å². The zero-order chi connectivity index (χ0) is 12.4. The molecule has 0 unspecified atom stereocenters. The highest BCUT2D eigenvalue weighted by Crippen LogP contribution is 2.34. The van der Waals surface area contributed by atoms with E-state index in [1.54, 1.807) is 0 Å². The first-order valence-corrected chi connectivity index (χ1v) is 7.40. The quantitative estimate of drug-likeness (QED) is 0.486. The minimum absolute atomic E-state index is 0.631. The molecule has 0 atom stereocenters. The van der Waals surface area contributed by atoms with Crippen LogP contribution < -0.4 is 10.5 Å². The molecular weight excluding hydrogens is 461 g/mol. The van der Waals surface area contributed by atoms with E-state index in [9.17, 15) is 0 Å². The average Bonchev–Trinajstić information content (AvgIpc) is 2.25. The summed E-state index contributed by atoms with van der Waals surface area (Å²) in [4.78, 5) is 0. The summed E-state index contributed by atoms with van der Waals surface area (Å²) >= 11 is 9.05. The van der Waals surface area contributed by atoms with E-state index in [0.717, 1.165) is 18.3 Å². The summed E-state index contributed by atoms with van der Waals surface area (Å²) in [6.45, 7) is 0. The molecule has 2 aromatic carbocycles. The number of benzene rings is 2. The Morgan fingerprint density at radius 1 is 1.00 bits per heavy atom. The number of hydrogen-bond acceptors (Lipinski definition) is 2. The second kappa shape index (κ2) is 5.58. The van der Waals surface area contributed by atoms with Crippen molar-refractivity contribution < 1.29 is 4.74 Å². The molecule has 0 saturated heterocycles. The Kier molecular flexibility index (Phi) is 4.32. The van der Waals surface area contributed by atoms with Gasteiger partial charge in [0, 0.05) is 8.04 Å². The van der Waals surface area contributed by atoms with Crippen molar-refractivity contribution in [3.05, 3.63) is 48.9 Å². The number of ether oxygens (including phenoxy) is 1. The Balaban J connectivity index is 2.31. The van der Waals surface area contributed by atoms with Crippen LogP contribution in [0.1, 0.15) is 0 Å². The summed E-state index contributed by atoms with van der Waals surface area (Å²) in [6.07, 6.45) is 0. The van der Waals surface area contributed by atoms with E-state index >= 15 is 0 Å². The minimum atomic E-state index is 0.631. The highest BCUT2D eigenvalue weighted by atomic mass is 127. The fraction of sp³-hybridized carbons (Fsp3) is 0. The van der Waals surface area contributed by atoms with E-state index in [0.29, 0.717) is 11.4 Å². The van der Waals surface area contributed by atoms with E-state index in [1.165, 1.54) is 0 Å². The highest BCUT2D eigenvalue weighted by Gasteiger charge is 2.06. The summed E-state index contributed by atoms with van der Waals surface area (Å²) in [7, 11) is 0. The Hall–Kier alpha value is -0.270. The summed E-state index contributed by atoms with van der Waals surface area (Å²) < 4.78 is 8.71. The van der Waals surface area contributed by atoms with Crippen molar-refractivity contribution >= 4 is 60.1 Å². The van der Waals surface area contributed by atoms with Crippen molar-refractivity contribution in [1.82, 2.24) is 0 Å².